The minimum absolute atomic E-state index is 0.236. The first-order valence-corrected chi connectivity index (χ1v) is 3.26. The summed E-state index contributed by atoms with van der Waals surface area (Å²) in [6, 6.07) is 0. The van der Waals surface area contributed by atoms with Crippen LogP contribution in [-0.2, 0) is 0 Å². The molecule has 0 radical (unpaired) electrons. The molecule has 54 valence electrons. The fourth-order valence-electron chi connectivity index (χ4n) is 1.03. The fourth-order valence-corrected chi connectivity index (χ4v) is 1.03. The third-order valence-electron chi connectivity index (χ3n) is 2.20. The predicted octanol–water partition coefficient (Wildman–Crippen LogP) is -0.107. The molecule has 1 fully saturated rings. The highest BCUT2D eigenvalue weighted by molar-refractivity contribution is 4.96. The van der Waals surface area contributed by atoms with Gasteiger partial charge in [-0.2, -0.15) is 0 Å². The van der Waals surface area contributed by atoms with E-state index in [9.17, 15) is 4.39 Å². The molecule has 0 aromatic heterocycles. The lowest BCUT2D eigenvalue weighted by Gasteiger charge is -2.42. The Morgan fingerprint density at radius 3 is 2.33 bits per heavy atom. The summed E-state index contributed by atoms with van der Waals surface area (Å²) in [7, 11) is 0. The number of hydrogen-bond acceptors (Lipinski definition) is 2. The fraction of sp³-hybridized carbons (Fsp3) is 1.00. The van der Waals surface area contributed by atoms with Gasteiger partial charge >= 0.3 is 0 Å². The van der Waals surface area contributed by atoms with Crippen LogP contribution in [0.2, 0.25) is 0 Å². The molecule has 0 aromatic rings. The molecule has 1 saturated heterocycles. The highest BCUT2D eigenvalue weighted by atomic mass is 19.1. The molecule has 0 amide bonds. The molecule has 1 heterocycles. The van der Waals surface area contributed by atoms with Crippen molar-refractivity contribution in [3.8, 4) is 0 Å². The lowest BCUT2D eigenvalue weighted by molar-refractivity contribution is 0.0661. The minimum Gasteiger partial charge on any atom is -0.330 e. The Morgan fingerprint density at radius 2 is 2.33 bits per heavy atom. The second-order valence-electron chi connectivity index (χ2n) is 2.79. The van der Waals surface area contributed by atoms with Gasteiger partial charge in [0.1, 0.15) is 6.17 Å². The van der Waals surface area contributed by atoms with Crippen LogP contribution >= 0.6 is 0 Å². The van der Waals surface area contributed by atoms with Crippen molar-refractivity contribution < 1.29 is 4.39 Å². The Bertz CT molecular complexity index is 93.7. The van der Waals surface area contributed by atoms with Crippen molar-refractivity contribution in [2.75, 3.05) is 19.6 Å². The highest BCUT2D eigenvalue weighted by Gasteiger charge is 2.40. The maximum atomic E-state index is 12.7. The van der Waals surface area contributed by atoms with Crippen LogP contribution in [0.15, 0.2) is 0 Å². The number of rotatable bonds is 2. The van der Waals surface area contributed by atoms with Gasteiger partial charge in [0.2, 0.25) is 0 Å². The van der Waals surface area contributed by atoms with Crippen LogP contribution in [0, 0.1) is 5.41 Å². The largest absolute Gasteiger partial charge is 0.330 e. The molecular weight excluding hydrogens is 119 g/mol. The molecule has 1 atom stereocenters. The SMILES string of the molecule is CC(F)C1(CN)CNC1. The third-order valence-corrected chi connectivity index (χ3v) is 2.20. The second-order valence-corrected chi connectivity index (χ2v) is 2.79. The normalized spacial score (nSPS) is 27.0. The summed E-state index contributed by atoms with van der Waals surface area (Å²) >= 11 is 0. The molecule has 1 aliphatic rings. The zero-order valence-corrected chi connectivity index (χ0v) is 5.65. The van der Waals surface area contributed by atoms with Gasteiger partial charge in [-0.15, -0.1) is 0 Å². The van der Waals surface area contributed by atoms with Gasteiger partial charge < -0.3 is 11.1 Å². The van der Waals surface area contributed by atoms with E-state index in [0.29, 0.717) is 6.54 Å². The molecule has 3 heteroatoms. The van der Waals surface area contributed by atoms with E-state index in [1.807, 2.05) is 0 Å². The van der Waals surface area contributed by atoms with Gasteiger partial charge in [0.15, 0.2) is 0 Å². The number of alkyl halides is 1. The van der Waals surface area contributed by atoms with Crippen LogP contribution < -0.4 is 11.1 Å². The topological polar surface area (TPSA) is 38.0 Å². The van der Waals surface area contributed by atoms with E-state index in [0.717, 1.165) is 13.1 Å². The summed E-state index contributed by atoms with van der Waals surface area (Å²) < 4.78 is 12.7. The zero-order chi connectivity index (χ0) is 6.91. The van der Waals surface area contributed by atoms with Crippen LogP contribution in [0.4, 0.5) is 4.39 Å². The number of hydrogen-bond donors (Lipinski definition) is 2. The quantitative estimate of drug-likeness (QED) is 0.550. The van der Waals surface area contributed by atoms with Gasteiger partial charge in [-0.1, -0.05) is 0 Å². The van der Waals surface area contributed by atoms with E-state index in [2.05, 4.69) is 5.32 Å². The van der Waals surface area contributed by atoms with E-state index in [-0.39, 0.29) is 5.41 Å². The Labute approximate surface area is 54.6 Å². The Hall–Kier alpha value is -0.150. The highest BCUT2D eigenvalue weighted by Crippen LogP contribution is 2.27. The average molecular weight is 132 g/mol. The summed E-state index contributed by atoms with van der Waals surface area (Å²) in [5.74, 6) is 0. The zero-order valence-electron chi connectivity index (χ0n) is 5.65. The van der Waals surface area contributed by atoms with E-state index in [4.69, 9.17) is 5.73 Å². The maximum Gasteiger partial charge on any atom is 0.107 e. The van der Waals surface area contributed by atoms with Crippen LogP contribution in [0.3, 0.4) is 0 Å². The predicted molar refractivity (Wildman–Crippen MR) is 34.9 cm³/mol. The van der Waals surface area contributed by atoms with E-state index >= 15 is 0 Å². The van der Waals surface area contributed by atoms with Crippen molar-refractivity contribution in [3.63, 3.8) is 0 Å². The van der Waals surface area contributed by atoms with E-state index < -0.39 is 6.17 Å². The summed E-state index contributed by atoms with van der Waals surface area (Å²) in [4.78, 5) is 0. The molecule has 0 bridgehead atoms. The molecule has 0 aromatic carbocycles. The average Bonchev–Trinajstić information content (AvgIpc) is 1.62. The molecule has 0 saturated carbocycles. The Morgan fingerprint density at radius 1 is 1.78 bits per heavy atom. The second kappa shape index (κ2) is 2.23. The molecule has 9 heavy (non-hydrogen) atoms. The van der Waals surface area contributed by atoms with Gasteiger partial charge in [-0.3, -0.25) is 0 Å². The van der Waals surface area contributed by atoms with Crippen LogP contribution in [0.25, 0.3) is 0 Å². The first-order chi connectivity index (χ1) is 4.21. The van der Waals surface area contributed by atoms with Crippen LogP contribution in [0.1, 0.15) is 6.92 Å². The van der Waals surface area contributed by atoms with Crippen molar-refractivity contribution in [2.24, 2.45) is 11.1 Å². The van der Waals surface area contributed by atoms with Crippen molar-refractivity contribution >= 4 is 0 Å². The summed E-state index contributed by atoms with van der Waals surface area (Å²) in [5, 5.41) is 3.01. The Kier molecular flexibility index (Phi) is 1.73. The molecule has 3 N–H and O–H groups in total. The minimum atomic E-state index is -0.774. The maximum absolute atomic E-state index is 12.7. The number of halogens is 1. The lowest BCUT2D eigenvalue weighted by atomic mass is 9.78. The monoisotopic (exact) mass is 132 g/mol. The molecular formula is C6H13FN2. The summed E-state index contributed by atoms with van der Waals surface area (Å²) in [6.07, 6.45) is -0.774. The molecule has 0 aliphatic carbocycles. The van der Waals surface area contributed by atoms with Gasteiger partial charge in [-0.05, 0) is 6.92 Å². The smallest absolute Gasteiger partial charge is 0.107 e. The molecule has 2 nitrogen and oxygen atoms in total. The number of nitrogens with two attached hydrogens (primary N) is 1. The lowest BCUT2D eigenvalue weighted by Crippen LogP contribution is -2.61. The van der Waals surface area contributed by atoms with Crippen molar-refractivity contribution in [1.82, 2.24) is 5.32 Å². The van der Waals surface area contributed by atoms with Gasteiger partial charge in [0.25, 0.3) is 0 Å². The van der Waals surface area contributed by atoms with Crippen LogP contribution in [-0.4, -0.2) is 25.8 Å². The first-order valence-electron chi connectivity index (χ1n) is 3.26. The first kappa shape index (κ1) is 6.96. The summed E-state index contributed by atoms with van der Waals surface area (Å²) in [6.45, 7) is 3.51. The standard InChI is InChI=1S/C6H13FN2/c1-5(7)6(2-8)3-9-4-6/h5,9H,2-4,8H2,1H3. The number of nitrogens with one attached hydrogen (secondary N) is 1. The molecule has 1 unspecified atom stereocenters. The van der Waals surface area contributed by atoms with E-state index in [1.54, 1.807) is 6.92 Å². The third kappa shape index (κ3) is 0.946. The molecule has 0 spiro atoms. The van der Waals surface area contributed by atoms with Crippen molar-refractivity contribution in [3.05, 3.63) is 0 Å². The van der Waals surface area contributed by atoms with Gasteiger partial charge in [0.05, 0.1) is 0 Å². The van der Waals surface area contributed by atoms with Gasteiger partial charge in [0, 0.05) is 25.0 Å². The molecule has 1 aliphatic heterocycles. The molecule has 1 rings (SSSR count). The van der Waals surface area contributed by atoms with Crippen molar-refractivity contribution in [2.45, 2.75) is 13.1 Å². The van der Waals surface area contributed by atoms with Crippen molar-refractivity contribution in [1.29, 1.82) is 0 Å². The van der Waals surface area contributed by atoms with Gasteiger partial charge in [-0.25, -0.2) is 4.39 Å². The van der Waals surface area contributed by atoms with Crippen LogP contribution in [0.5, 0.6) is 0 Å². The Balaban J connectivity index is 2.46. The summed E-state index contributed by atoms with van der Waals surface area (Å²) in [5.41, 5.74) is 5.15. The van der Waals surface area contributed by atoms with E-state index in [1.165, 1.54) is 0 Å².